The molecule has 0 saturated heterocycles. The van der Waals surface area contributed by atoms with Crippen LogP contribution in [0.25, 0.3) is 0 Å². The highest BCUT2D eigenvalue weighted by Gasteiger charge is 2.14. The zero-order valence-electron chi connectivity index (χ0n) is 12.0. The molecule has 1 heterocycles. The van der Waals surface area contributed by atoms with Crippen molar-refractivity contribution in [2.75, 3.05) is 12.9 Å². The summed E-state index contributed by atoms with van der Waals surface area (Å²) in [6, 6.07) is 2.02. The molecule has 1 saturated carbocycles. The number of halogens is 1. The summed E-state index contributed by atoms with van der Waals surface area (Å²) in [5.41, 5.74) is 1.87. The summed E-state index contributed by atoms with van der Waals surface area (Å²) in [4.78, 5) is 4.42. The second-order valence-electron chi connectivity index (χ2n) is 4.99. The minimum absolute atomic E-state index is 0.00990. The van der Waals surface area contributed by atoms with Gasteiger partial charge < -0.3 is 4.74 Å². The summed E-state index contributed by atoms with van der Waals surface area (Å²) < 4.78 is 6.24. The van der Waals surface area contributed by atoms with Gasteiger partial charge in [0, 0.05) is 28.6 Å². The Morgan fingerprint density at radius 3 is 2.90 bits per heavy atom. The summed E-state index contributed by atoms with van der Waals surface area (Å²) in [6.45, 7) is 1.98. The van der Waals surface area contributed by atoms with Gasteiger partial charge in [-0.05, 0) is 41.8 Å². The molecule has 108 valence electrons. The molecule has 1 atom stereocenters. The van der Waals surface area contributed by atoms with E-state index in [0.29, 0.717) is 0 Å². The number of thioether (sulfide) groups is 1. The van der Waals surface area contributed by atoms with Crippen LogP contribution in [0, 0.1) is 11.8 Å². The maximum absolute atomic E-state index is 5.28. The van der Waals surface area contributed by atoms with Crippen LogP contribution in [0.15, 0.2) is 16.7 Å². The average Bonchev–Trinajstić information content (AvgIpc) is 2.96. The molecular formula is C16H20BrNOS. The number of ether oxygens (including phenoxy) is 1. The van der Waals surface area contributed by atoms with Crippen LogP contribution >= 0.6 is 27.7 Å². The third kappa shape index (κ3) is 4.51. The maximum Gasteiger partial charge on any atom is 0.0974 e. The van der Waals surface area contributed by atoms with E-state index in [9.17, 15) is 0 Å². The van der Waals surface area contributed by atoms with Crippen LogP contribution in [-0.2, 0) is 4.74 Å². The van der Waals surface area contributed by atoms with Crippen molar-refractivity contribution in [2.24, 2.45) is 0 Å². The van der Waals surface area contributed by atoms with Crippen molar-refractivity contribution in [2.45, 2.75) is 44.0 Å². The molecule has 1 aliphatic carbocycles. The summed E-state index contributed by atoms with van der Waals surface area (Å²) in [5.74, 6) is 7.34. The van der Waals surface area contributed by atoms with Crippen LogP contribution in [0.5, 0.6) is 0 Å². The van der Waals surface area contributed by atoms with Crippen molar-refractivity contribution < 1.29 is 4.74 Å². The van der Waals surface area contributed by atoms with Crippen LogP contribution in [0.1, 0.15) is 50.0 Å². The van der Waals surface area contributed by atoms with Crippen molar-refractivity contribution in [1.29, 1.82) is 0 Å². The molecule has 0 aliphatic heterocycles. The Bertz CT molecular complexity index is 503. The predicted octanol–water partition coefficient (Wildman–Crippen LogP) is 4.58. The molecule has 2 rings (SSSR count). The molecule has 1 aromatic heterocycles. The molecule has 0 amide bonds. The van der Waals surface area contributed by atoms with E-state index in [-0.39, 0.29) is 6.10 Å². The van der Waals surface area contributed by atoms with Crippen LogP contribution in [0.3, 0.4) is 0 Å². The van der Waals surface area contributed by atoms with Crippen LogP contribution in [0.2, 0.25) is 0 Å². The van der Waals surface area contributed by atoms with Gasteiger partial charge in [0.2, 0.25) is 0 Å². The van der Waals surface area contributed by atoms with Gasteiger partial charge in [-0.1, -0.05) is 24.7 Å². The van der Waals surface area contributed by atoms with Crippen molar-refractivity contribution in [1.82, 2.24) is 4.98 Å². The monoisotopic (exact) mass is 353 g/mol. The number of hydrogen-bond donors (Lipinski definition) is 0. The Kier molecular flexibility index (Phi) is 6.41. The second kappa shape index (κ2) is 8.07. The summed E-state index contributed by atoms with van der Waals surface area (Å²) in [7, 11) is 1.69. The number of methoxy groups -OCH3 is 1. The lowest BCUT2D eigenvalue weighted by Gasteiger charge is -2.10. The van der Waals surface area contributed by atoms with Crippen LogP contribution in [0.4, 0.5) is 0 Å². The molecule has 2 nitrogen and oxygen atoms in total. The van der Waals surface area contributed by atoms with Gasteiger partial charge in [-0.15, -0.1) is 11.8 Å². The third-order valence-corrected chi connectivity index (χ3v) is 5.42. The molecule has 0 spiro atoms. The second-order valence-corrected chi connectivity index (χ2v) is 7.13. The Balaban J connectivity index is 1.91. The fourth-order valence-corrected chi connectivity index (χ4v) is 4.01. The Morgan fingerprint density at radius 2 is 2.25 bits per heavy atom. The molecule has 1 aliphatic rings. The minimum atomic E-state index is -0.00990. The fraction of sp³-hybridized carbons (Fsp3) is 0.562. The van der Waals surface area contributed by atoms with Gasteiger partial charge in [-0.3, -0.25) is 4.98 Å². The first-order valence-corrected chi connectivity index (χ1v) is 8.83. The van der Waals surface area contributed by atoms with E-state index in [1.807, 2.05) is 30.9 Å². The molecule has 0 aromatic carbocycles. The lowest BCUT2D eigenvalue weighted by atomic mass is 10.2. The van der Waals surface area contributed by atoms with E-state index in [0.717, 1.165) is 26.7 Å². The molecule has 1 aromatic rings. The first-order valence-electron chi connectivity index (χ1n) is 6.99. The number of rotatable bonds is 4. The molecule has 0 N–H and O–H groups in total. The van der Waals surface area contributed by atoms with Gasteiger partial charge in [0.25, 0.3) is 0 Å². The first-order chi connectivity index (χ1) is 9.70. The third-order valence-electron chi connectivity index (χ3n) is 3.53. The van der Waals surface area contributed by atoms with E-state index >= 15 is 0 Å². The smallest absolute Gasteiger partial charge is 0.0974 e. The van der Waals surface area contributed by atoms with Gasteiger partial charge in [-0.25, -0.2) is 0 Å². The normalized spacial score (nSPS) is 16.8. The van der Waals surface area contributed by atoms with E-state index in [1.54, 1.807) is 7.11 Å². The SMILES string of the molecule is CO[C@@H](C)c1ncc(C#CCSC2CCCC2)cc1Br. The molecule has 20 heavy (non-hydrogen) atoms. The summed E-state index contributed by atoms with van der Waals surface area (Å²) in [5, 5.41) is 0.832. The number of pyridine rings is 1. The van der Waals surface area contributed by atoms with Crippen molar-refractivity contribution >= 4 is 27.7 Å². The number of aromatic nitrogens is 1. The topological polar surface area (TPSA) is 22.1 Å². The standard InChI is InChI=1S/C16H20BrNOS/c1-12(19-2)16-15(17)10-13(11-18-16)6-5-9-20-14-7-3-4-8-14/h10-12,14H,3-4,7-9H2,1-2H3/t12-/m0/s1. The number of hydrogen-bond acceptors (Lipinski definition) is 3. The lowest BCUT2D eigenvalue weighted by molar-refractivity contribution is 0.115. The molecular weight excluding hydrogens is 334 g/mol. The first kappa shape index (κ1) is 15.9. The maximum atomic E-state index is 5.28. The predicted molar refractivity (Wildman–Crippen MR) is 89.0 cm³/mol. The van der Waals surface area contributed by atoms with Crippen LogP contribution < -0.4 is 0 Å². The van der Waals surface area contributed by atoms with Crippen molar-refractivity contribution in [3.63, 3.8) is 0 Å². The Morgan fingerprint density at radius 1 is 1.50 bits per heavy atom. The van der Waals surface area contributed by atoms with Crippen molar-refractivity contribution in [3.05, 3.63) is 28.0 Å². The zero-order valence-corrected chi connectivity index (χ0v) is 14.4. The quantitative estimate of drug-likeness (QED) is 0.739. The van der Waals surface area contributed by atoms with E-state index in [2.05, 4.69) is 32.8 Å². The Labute approximate surface area is 134 Å². The zero-order chi connectivity index (χ0) is 14.4. The molecule has 0 unspecified atom stereocenters. The average molecular weight is 354 g/mol. The molecule has 1 fully saturated rings. The van der Waals surface area contributed by atoms with Gasteiger partial charge >= 0.3 is 0 Å². The van der Waals surface area contributed by atoms with Gasteiger partial charge in [0.15, 0.2) is 0 Å². The van der Waals surface area contributed by atoms with E-state index in [4.69, 9.17) is 4.74 Å². The molecule has 0 bridgehead atoms. The van der Waals surface area contributed by atoms with Gasteiger partial charge in [-0.2, -0.15) is 0 Å². The lowest BCUT2D eigenvalue weighted by Crippen LogP contribution is -2.00. The fourth-order valence-electron chi connectivity index (χ4n) is 2.28. The van der Waals surface area contributed by atoms with E-state index in [1.165, 1.54) is 25.7 Å². The van der Waals surface area contributed by atoms with Crippen molar-refractivity contribution in [3.8, 4) is 11.8 Å². The number of nitrogens with zero attached hydrogens (tertiary/aromatic N) is 1. The van der Waals surface area contributed by atoms with Gasteiger partial charge in [0.1, 0.15) is 0 Å². The summed E-state index contributed by atoms with van der Waals surface area (Å²) in [6.07, 6.45) is 7.32. The highest BCUT2D eigenvalue weighted by molar-refractivity contribution is 9.10. The summed E-state index contributed by atoms with van der Waals surface area (Å²) >= 11 is 5.53. The van der Waals surface area contributed by atoms with Gasteiger partial charge in [0.05, 0.1) is 17.6 Å². The largest absolute Gasteiger partial charge is 0.375 e. The highest BCUT2D eigenvalue weighted by atomic mass is 79.9. The van der Waals surface area contributed by atoms with Crippen LogP contribution in [-0.4, -0.2) is 23.1 Å². The molecule has 4 heteroatoms. The highest BCUT2D eigenvalue weighted by Crippen LogP contribution is 2.29. The minimum Gasteiger partial charge on any atom is -0.375 e. The Hall–Kier alpha value is -0.500. The molecule has 0 radical (unpaired) electrons. The van der Waals surface area contributed by atoms with E-state index < -0.39 is 0 Å².